The van der Waals surface area contributed by atoms with Crippen molar-refractivity contribution in [3.63, 3.8) is 0 Å². The van der Waals surface area contributed by atoms with Crippen LogP contribution in [-0.4, -0.2) is 37.6 Å². The van der Waals surface area contributed by atoms with Crippen LogP contribution in [0.15, 0.2) is 30.8 Å². The molecule has 0 saturated carbocycles. The van der Waals surface area contributed by atoms with Crippen LogP contribution in [0.3, 0.4) is 0 Å². The molecule has 1 aromatic carbocycles. The van der Waals surface area contributed by atoms with Crippen LogP contribution >= 0.6 is 0 Å². The van der Waals surface area contributed by atoms with E-state index in [1.165, 1.54) is 94.8 Å². The van der Waals surface area contributed by atoms with E-state index in [1.807, 2.05) is 6.08 Å². The Labute approximate surface area is 187 Å². The second kappa shape index (κ2) is 19.8. The number of hydrogen-bond donors (Lipinski definition) is 2. The standard InChI is InChI=1S/C27H49N3/c1-3-5-6-7-8-9-10-11-12-13-22-30(23-14-20-28)24-15-21-29-25-27-18-16-26(4-2)17-19-27/h4,16-19,29H,2-3,5-15,20-25,28H2,1H3. The van der Waals surface area contributed by atoms with E-state index in [4.69, 9.17) is 5.73 Å². The SMILES string of the molecule is C=Cc1ccc(CNCCCN(CCCN)CCCCCCCCCCCC)cc1. The molecule has 0 unspecified atom stereocenters. The molecule has 0 amide bonds. The van der Waals surface area contributed by atoms with Gasteiger partial charge in [0.05, 0.1) is 0 Å². The molecule has 0 saturated heterocycles. The van der Waals surface area contributed by atoms with Crippen LogP contribution in [0.4, 0.5) is 0 Å². The summed E-state index contributed by atoms with van der Waals surface area (Å²) in [5.74, 6) is 0. The van der Waals surface area contributed by atoms with E-state index in [9.17, 15) is 0 Å². The van der Waals surface area contributed by atoms with Crippen molar-refractivity contribution >= 4 is 6.08 Å². The second-order valence-corrected chi connectivity index (χ2v) is 8.64. The van der Waals surface area contributed by atoms with E-state index in [0.29, 0.717) is 0 Å². The van der Waals surface area contributed by atoms with Crippen molar-refractivity contribution in [2.24, 2.45) is 5.73 Å². The quantitative estimate of drug-likeness (QED) is 0.229. The number of nitrogens with one attached hydrogen (secondary N) is 1. The average Bonchev–Trinajstić information content (AvgIpc) is 2.78. The lowest BCUT2D eigenvalue weighted by Crippen LogP contribution is -2.30. The van der Waals surface area contributed by atoms with Crippen molar-refractivity contribution < 1.29 is 0 Å². The predicted molar refractivity (Wildman–Crippen MR) is 135 cm³/mol. The van der Waals surface area contributed by atoms with Crippen LogP contribution in [0.2, 0.25) is 0 Å². The van der Waals surface area contributed by atoms with Gasteiger partial charge in [0.2, 0.25) is 0 Å². The van der Waals surface area contributed by atoms with Crippen molar-refractivity contribution in [2.75, 3.05) is 32.7 Å². The number of nitrogens with zero attached hydrogens (tertiary/aromatic N) is 1. The average molecular weight is 416 g/mol. The molecule has 172 valence electrons. The summed E-state index contributed by atoms with van der Waals surface area (Å²) in [6, 6.07) is 8.63. The highest BCUT2D eigenvalue weighted by Gasteiger charge is 2.04. The molecular weight excluding hydrogens is 366 g/mol. The maximum atomic E-state index is 5.75. The fourth-order valence-electron chi connectivity index (χ4n) is 3.91. The van der Waals surface area contributed by atoms with Gasteiger partial charge in [0.15, 0.2) is 0 Å². The number of hydrogen-bond acceptors (Lipinski definition) is 3. The summed E-state index contributed by atoms with van der Waals surface area (Å²) in [4.78, 5) is 2.62. The molecule has 0 aliphatic carbocycles. The Bertz CT molecular complexity index is 497. The molecule has 0 heterocycles. The summed E-state index contributed by atoms with van der Waals surface area (Å²) >= 11 is 0. The third-order valence-electron chi connectivity index (χ3n) is 5.88. The van der Waals surface area contributed by atoms with Gasteiger partial charge in [-0.15, -0.1) is 0 Å². The fourth-order valence-corrected chi connectivity index (χ4v) is 3.91. The lowest BCUT2D eigenvalue weighted by atomic mass is 10.1. The zero-order valence-corrected chi connectivity index (χ0v) is 19.8. The van der Waals surface area contributed by atoms with Gasteiger partial charge in [0, 0.05) is 6.54 Å². The maximum absolute atomic E-state index is 5.75. The van der Waals surface area contributed by atoms with Crippen molar-refractivity contribution in [2.45, 2.75) is 90.5 Å². The monoisotopic (exact) mass is 415 g/mol. The van der Waals surface area contributed by atoms with Crippen LogP contribution < -0.4 is 11.1 Å². The predicted octanol–water partition coefficient (Wildman–Crippen LogP) is 6.38. The largest absolute Gasteiger partial charge is 0.330 e. The first kappa shape index (κ1) is 26.9. The molecule has 0 spiro atoms. The van der Waals surface area contributed by atoms with Gasteiger partial charge < -0.3 is 16.0 Å². The van der Waals surface area contributed by atoms with Gasteiger partial charge in [-0.3, -0.25) is 0 Å². The molecule has 0 atom stereocenters. The molecule has 1 rings (SSSR count). The Morgan fingerprint density at radius 3 is 1.97 bits per heavy atom. The van der Waals surface area contributed by atoms with Gasteiger partial charge in [-0.2, -0.15) is 0 Å². The third kappa shape index (κ3) is 14.8. The van der Waals surface area contributed by atoms with Crippen LogP contribution in [-0.2, 0) is 6.54 Å². The minimum absolute atomic E-state index is 0.799. The first-order valence-corrected chi connectivity index (χ1v) is 12.6. The van der Waals surface area contributed by atoms with Gasteiger partial charge in [-0.1, -0.05) is 102 Å². The smallest absolute Gasteiger partial charge is 0.0205 e. The van der Waals surface area contributed by atoms with Crippen molar-refractivity contribution in [3.05, 3.63) is 42.0 Å². The normalized spacial score (nSPS) is 11.3. The molecule has 3 heteroatoms. The number of rotatable bonds is 21. The number of nitrogens with two attached hydrogens (primary N) is 1. The van der Waals surface area contributed by atoms with E-state index < -0.39 is 0 Å². The van der Waals surface area contributed by atoms with Crippen LogP contribution in [0.25, 0.3) is 6.08 Å². The third-order valence-corrected chi connectivity index (χ3v) is 5.88. The number of benzene rings is 1. The minimum Gasteiger partial charge on any atom is -0.330 e. The first-order chi connectivity index (χ1) is 14.8. The summed E-state index contributed by atoms with van der Waals surface area (Å²) in [5, 5.41) is 3.58. The molecule has 0 bridgehead atoms. The van der Waals surface area contributed by atoms with Gasteiger partial charge in [-0.25, -0.2) is 0 Å². The van der Waals surface area contributed by atoms with Crippen LogP contribution in [0.5, 0.6) is 0 Å². The Morgan fingerprint density at radius 1 is 0.800 bits per heavy atom. The molecule has 0 fully saturated rings. The van der Waals surface area contributed by atoms with Gasteiger partial charge in [0.25, 0.3) is 0 Å². The summed E-state index contributed by atoms with van der Waals surface area (Å²) in [7, 11) is 0. The Hall–Kier alpha value is -1.16. The molecule has 0 radical (unpaired) electrons. The van der Waals surface area contributed by atoms with E-state index in [1.54, 1.807) is 0 Å². The van der Waals surface area contributed by atoms with Gasteiger partial charge in [0.1, 0.15) is 0 Å². The first-order valence-electron chi connectivity index (χ1n) is 12.6. The van der Waals surface area contributed by atoms with E-state index in [0.717, 1.165) is 32.6 Å². The lowest BCUT2D eigenvalue weighted by Gasteiger charge is -2.22. The molecule has 30 heavy (non-hydrogen) atoms. The van der Waals surface area contributed by atoms with E-state index >= 15 is 0 Å². The molecule has 0 aliphatic heterocycles. The Kier molecular flexibility index (Phi) is 17.7. The number of unbranched alkanes of at least 4 members (excludes halogenated alkanes) is 9. The molecular formula is C27H49N3. The van der Waals surface area contributed by atoms with E-state index in [2.05, 4.69) is 48.0 Å². The maximum Gasteiger partial charge on any atom is 0.0205 e. The highest BCUT2D eigenvalue weighted by Crippen LogP contribution is 2.11. The molecule has 3 nitrogen and oxygen atoms in total. The Morgan fingerprint density at radius 2 is 1.37 bits per heavy atom. The van der Waals surface area contributed by atoms with Crippen molar-refractivity contribution in [1.82, 2.24) is 10.2 Å². The zero-order valence-electron chi connectivity index (χ0n) is 19.8. The molecule has 3 N–H and O–H groups in total. The van der Waals surface area contributed by atoms with Gasteiger partial charge in [-0.05, 0) is 63.1 Å². The Balaban J connectivity index is 2.06. The topological polar surface area (TPSA) is 41.3 Å². The highest BCUT2D eigenvalue weighted by atomic mass is 15.1. The highest BCUT2D eigenvalue weighted by molar-refractivity contribution is 5.47. The second-order valence-electron chi connectivity index (χ2n) is 8.64. The summed E-state index contributed by atoms with van der Waals surface area (Å²) in [5.41, 5.74) is 8.27. The molecule has 0 aliphatic rings. The van der Waals surface area contributed by atoms with Crippen molar-refractivity contribution in [3.8, 4) is 0 Å². The van der Waals surface area contributed by atoms with Crippen molar-refractivity contribution in [1.29, 1.82) is 0 Å². The molecule has 1 aromatic rings. The fraction of sp³-hybridized carbons (Fsp3) is 0.704. The summed E-state index contributed by atoms with van der Waals surface area (Å²) in [6.07, 6.45) is 18.3. The summed E-state index contributed by atoms with van der Waals surface area (Å²) < 4.78 is 0. The van der Waals surface area contributed by atoms with Crippen LogP contribution in [0, 0.1) is 0 Å². The van der Waals surface area contributed by atoms with E-state index in [-0.39, 0.29) is 0 Å². The van der Waals surface area contributed by atoms with Gasteiger partial charge >= 0.3 is 0 Å². The minimum atomic E-state index is 0.799. The van der Waals surface area contributed by atoms with Crippen LogP contribution in [0.1, 0.15) is 95.1 Å². The lowest BCUT2D eigenvalue weighted by molar-refractivity contribution is 0.260. The zero-order chi connectivity index (χ0) is 21.7. The molecule has 0 aromatic heterocycles. The summed E-state index contributed by atoms with van der Waals surface area (Å²) in [6.45, 7) is 12.5.